The van der Waals surface area contributed by atoms with E-state index in [1.54, 1.807) is 32.2 Å². The zero-order valence-corrected chi connectivity index (χ0v) is 14.1. The fourth-order valence-corrected chi connectivity index (χ4v) is 1.81. The summed E-state index contributed by atoms with van der Waals surface area (Å²) in [5.41, 5.74) is 0.616. The van der Waals surface area contributed by atoms with Crippen LogP contribution < -0.4 is 9.47 Å². The first kappa shape index (κ1) is 18.6. The third-order valence-electron chi connectivity index (χ3n) is 3.07. The first-order valence-electron chi connectivity index (χ1n) is 7.61. The highest BCUT2D eigenvalue weighted by molar-refractivity contribution is 5.97. The van der Waals surface area contributed by atoms with Crippen molar-refractivity contribution in [2.75, 3.05) is 20.3 Å². The van der Waals surface area contributed by atoms with Crippen molar-refractivity contribution in [3.63, 3.8) is 0 Å². The second-order valence-electron chi connectivity index (χ2n) is 5.33. The zero-order chi connectivity index (χ0) is 17.2. The first-order valence-corrected chi connectivity index (χ1v) is 7.61. The van der Waals surface area contributed by atoms with E-state index in [0.717, 1.165) is 6.42 Å². The Labute approximate surface area is 137 Å². The van der Waals surface area contributed by atoms with Crippen LogP contribution in [-0.2, 0) is 9.53 Å². The average Bonchev–Trinajstić information content (AvgIpc) is 2.53. The second kappa shape index (κ2) is 9.52. The Kier molecular flexibility index (Phi) is 7.69. The lowest BCUT2D eigenvalue weighted by molar-refractivity contribution is -0.137. The predicted molar refractivity (Wildman–Crippen MR) is 88.2 cm³/mol. The quantitative estimate of drug-likeness (QED) is 0.416. The number of carbonyl (C=O) groups excluding carboxylic acids is 1. The summed E-state index contributed by atoms with van der Waals surface area (Å²) in [6, 6.07) is 7.11. The molecule has 0 bridgehead atoms. The van der Waals surface area contributed by atoms with Gasteiger partial charge in [-0.2, -0.15) is 5.26 Å². The van der Waals surface area contributed by atoms with E-state index in [-0.39, 0.29) is 12.2 Å². The van der Waals surface area contributed by atoms with Gasteiger partial charge in [0.25, 0.3) is 0 Å². The van der Waals surface area contributed by atoms with Crippen molar-refractivity contribution in [3.8, 4) is 17.6 Å². The standard InChI is InChI=1S/C18H23NO4/c1-5-22-18(20)15(12-19)10-14-6-7-16(17(11-14)21-4)23-9-8-13(2)3/h6-7,10-11,13H,5,8-9H2,1-4H3/b15-10+. The van der Waals surface area contributed by atoms with Crippen molar-refractivity contribution in [2.45, 2.75) is 27.2 Å². The maximum Gasteiger partial charge on any atom is 0.348 e. The normalized spacial score (nSPS) is 11.0. The van der Waals surface area contributed by atoms with Crippen LogP contribution in [0.5, 0.6) is 11.5 Å². The maximum atomic E-state index is 11.6. The Morgan fingerprint density at radius 1 is 1.35 bits per heavy atom. The Morgan fingerprint density at radius 3 is 2.65 bits per heavy atom. The number of methoxy groups -OCH3 is 1. The van der Waals surface area contributed by atoms with Gasteiger partial charge in [-0.15, -0.1) is 0 Å². The molecule has 0 spiro atoms. The van der Waals surface area contributed by atoms with Gasteiger partial charge in [0.05, 0.1) is 20.3 Å². The van der Waals surface area contributed by atoms with E-state index in [0.29, 0.717) is 29.6 Å². The van der Waals surface area contributed by atoms with Gasteiger partial charge < -0.3 is 14.2 Å². The van der Waals surface area contributed by atoms with Crippen LogP contribution in [0.3, 0.4) is 0 Å². The number of ether oxygens (including phenoxy) is 3. The smallest absolute Gasteiger partial charge is 0.348 e. The average molecular weight is 317 g/mol. The van der Waals surface area contributed by atoms with Gasteiger partial charge in [-0.25, -0.2) is 4.79 Å². The number of carbonyl (C=O) groups is 1. The molecule has 0 unspecified atom stereocenters. The number of nitriles is 1. The third kappa shape index (κ3) is 6.03. The number of hydrogen-bond acceptors (Lipinski definition) is 5. The van der Waals surface area contributed by atoms with Crippen LogP contribution in [0.4, 0.5) is 0 Å². The van der Waals surface area contributed by atoms with E-state index in [1.807, 2.05) is 6.07 Å². The molecule has 1 aromatic carbocycles. The van der Waals surface area contributed by atoms with Gasteiger partial charge >= 0.3 is 5.97 Å². The topological polar surface area (TPSA) is 68.6 Å². The first-order chi connectivity index (χ1) is 11.0. The van der Waals surface area contributed by atoms with Crippen LogP contribution in [0.1, 0.15) is 32.8 Å². The minimum atomic E-state index is -0.633. The molecule has 0 aliphatic heterocycles. The van der Waals surface area contributed by atoms with Crippen molar-refractivity contribution in [1.29, 1.82) is 5.26 Å². The van der Waals surface area contributed by atoms with Crippen molar-refractivity contribution in [1.82, 2.24) is 0 Å². The van der Waals surface area contributed by atoms with Crippen LogP contribution in [0.25, 0.3) is 6.08 Å². The summed E-state index contributed by atoms with van der Waals surface area (Å²) in [6.45, 7) is 6.79. The van der Waals surface area contributed by atoms with E-state index in [2.05, 4.69) is 13.8 Å². The molecule has 0 radical (unpaired) electrons. The molecule has 0 saturated heterocycles. The zero-order valence-electron chi connectivity index (χ0n) is 14.1. The van der Waals surface area contributed by atoms with Gasteiger partial charge in [0.2, 0.25) is 0 Å². The summed E-state index contributed by atoms with van der Waals surface area (Å²) in [6.07, 6.45) is 2.42. The maximum absolute atomic E-state index is 11.6. The molecule has 0 atom stereocenters. The van der Waals surface area contributed by atoms with Crippen molar-refractivity contribution >= 4 is 12.0 Å². The molecule has 0 heterocycles. The molecule has 0 aromatic heterocycles. The molecule has 5 nitrogen and oxygen atoms in total. The fourth-order valence-electron chi connectivity index (χ4n) is 1.81. The molecular weight excluding hydrogens is 294 g/mol. The lowest BCUT2D eigenvalue weighted by Crippen LogP contribution is -2.06. The Balaban J connectivity index is 2.94. The molecule has 0 N–H and O–H groups in total. The third-order valence-corrected chi connectivity index (χ3v) is 3.07. The van der Waals surface area contributed by atoms with E-state index >= 15 is 0 Å². The molecule has 23 heavy (non-hydrogen) atoms. The molecule has 0 aliphatic rings. The Morgan fingerprint density at radius 2 is 2.09 bits per heavy atom. The van der Waals surface area contributed by atoms with Crippen LogP contribution >= 0.6 is 0 Å². The summed E-state index contributed by atoms with van der Waals surface area (Å²) in [4.78, 5) is 11.6. The minimum absolute atomic E-state index is 0.0534. The molecule has 1 aromatic rings. The second-order valence-corrected chi connectivity index (χ2v) is 5.33. The molecule has 1 rings (SSSR count). The summed E-state index contributed by atoms with van der Waals surface area (Å²) >= 11 is 0. The van der Waals surface area contributed by atoms with Gasteiger partial charge in [-0.1, -0.05) is 19.9 Å². The highest BCUT2D eigenvalue weighted by Crippen LogP contribution is 2.29. The number of rotatable bonds is 8. The van der Waals surface area contributed by atoms with Gasteiger partial charge in [0.15, 0.2) is 11.5 Å². The summed E-state index contributed by atoms with van der Waals surface area (Å²) in [5, 5.41) is 9.06. The molecule has 5 heteroatoms. The number of nitrogens with zero attached hydrogens (tertiary/aromatic N) is 1. The van der Waals surface area contributed by atoms with Gasteiger partial charge in [-0.3, -0.25) is 0 Å². The van der Waals surface area contributed by atoms with Gasteiger partial charge in [0.1, 0.15) is 11.6 Å². The number of hydrogen-bond donors (Lipinski definition) is 0. The lowest BCUT2D eigenvalue weighted by Gasteiger charge is -2.12. The minimum Gasteiger partial charge on any atom is -0.493 e. The summed E-state index contributed by atoms with van der Waals surface area (Å²) in [7, 11) is 1.55. The van der Waals surface area contributed by atoms with Crippen LogP contribution in [0.2, 0.25) is 0 Å². The largest absolute Gasteiger partial charge is 0.493 e. The summed E-state index contributed by atoms with van der Waals surface area (Å²) in [5.74, 6) is 1.13. The van der Waals surface area contributed by atoms with Gasteiger partial charge in [-0.05, 0) is 43.0 Å². The molecule has 0 aliphatic carbocycles. The highest BCUT2D eigenvalue weighted by Gasteiger charge is 2.11. The predicted octanol–water partition coefficient (Wildman–Crippen LogP) is 3.59. The highest BCUT2D eigenvalue weighted by atomic mass is 16.5. The number of esters is 1. The van der Waals surface area contributed by atoms with E-state index in [1.165, 1.54) is 6.08 Å². The fraction of sp³-hybridized carbons (Fsp3) is 0.444. The van der Waals surface area contributed by atoms with Crippen LogP contribution in [-0.4, -0.2) is 26.3 Å². The molecule has 124 valence electrons. The van der Waals surface area contributed by atoms with Crippen molar-refractivity contribution < 1.29 is 19.0 Å². The molecule has 0 fully saturated rings. The molecule has 0 saturated carbocycles. The Bertz CT molecular complexity index is 600. The number of benzene rings is 1. The Hall–Kier alpha value is -2.48. The van der Waals surface area contributed by atoms with E-state index < -0.39 is 5.97 Å². The molecule has 0 amide bonds. The lowest BCUT2D eigenvalue weighted by atomic mass is 10.1. The van der Waals surface area contributed by atoms with Crippen LogP contribution in [0, 0.1) is 17.2 Å². The SMILES string of the molecule is CCOC(=O)/C(C#N)=C/c1ccc(OCCC(C)C)c(OC)c1. The van der Waals surface area contributed by atoms with Crippen molar-refractivity contribution in [3.05, 3.63) is 29.3 Å². The van der Waals surface area contributed by atoms with Crippen LogP contribution in [0.15, 0.2) is 23.8 Å². The van der Waals surface area contributed by atoms with Crippen molar-refractivity contribution in [2.24, 2.45) is 5.92 Å². The van der Waals surface area contributed by atoms with Gasteiger partial charge in [0, 0.05) is 0 Å². The molecular formula is C18H23NO4. The monoisotopic (exact) mass is 317 g/mol. The van der Waals surface area contributed by atoms with E-state index in [4.69, 9.17) is 19.5 Å². The van der Waals surface area contributed by atoms with E-state index in [9.17, 15) is 4.79 Å². The summed E-state index contributed by atoms with van der Waals surface area (Å²) < 4.78 is 15.9.